The second-order valence-electron chi connectivity index (χ2n) is 5.25. The summed E-state index contributed by atoms with van der Waals surface area (Å²) in [4.78, 5) is 15.0. The van der Waals surface area contributed by atoms with Gasteiger partial charge in [0.25, 0.3) is 0 Å². The summed E-state index contributed by atoms with van der Waals surface area (Å²) in [5.41, 5.74) is 0.619. The summed E-state index contributed by atoms with van der Waals surface area (Å²) in [5.74, 6) is 0.781. The average molecular weight is 296 g/mol. The van der Waals surface area contributed by atoms with Gasteiger partial charge < -0.3 is 9.47 Å². The van der Waals surface area contributed by atoms with Gasteiger partial charge in [-0.15, -0.1) is 0 Å². The zero-order chi connectivity index (χ0) is 13.9. The first kappa shape index (κ1) is 13.9. The highest BCUT2D eigenvalue weighted by molar-refractivity contribution is 6.31. The number of Topliss-reactive ketones (excluding diaryl/α,β-unsaturated/α-hetero) is 1. The number of hydrogen-bond acceptors (Lipinski definition) is 4. The van der Waals surface area contributed by atoms with E-state index < -0.39 is 0 Å². The van der Waals surface area contributed by atoms with E-state index in [-0.39, 0.29) is 11.7 Å². The van der Waals surface area contributed by atoms with Crippen molar-refractivity contribution in [3.05, 3.63) is 28.8 Å². The zero-order valence-electron chi connectivity index (χ0n) is 11.3. The number of halogens is 1. The maximum Gasteiger partial charge on any atom is 0.171 e. The molecule has 3 rings (SSSR count). The first-order valence-corrected chi connectivity index (χ1v) is 7.38. The van der Waals surface area contributed by atoms with Crippen molar-refractivity contribution in [3.63, 3.8) is 0 Å². The van der Waals surface area contributed by atoms with E-state index >= 15 is 0 Å². The normalized spacial score (nSPS) is 23.9. The second kappa shape index (κ2) is 6.12. The van der Waals surface area contributed by atoms with E-state index in [0.29, 0.717) is 22.9 Å². The van der Waals surface area contributed by atoms with Gasteiger partial charge in [0.15, 0.2) is 5.78 Å². The summed E-state index contributed by atoms with van der Waals surface area (Å²) in [6.45, 7) is 4.65. The van der Waals surface area contributed by atoms with Crippen LogP contribution in [0, 0.1) is 5.92 Å². The largest absolute Gasteiger partial charge is 0.493 e. The lowest BCUT2D eigenvalue weighted by molar-refractivity contribution is 0.0291. The highest BCUT2D eigenvalue weighted by atomic mass is 35.5. The number of benzene rings is 1. The molecule has 0 aromatic heterocycles. The highest BCUT2D eigenvalue weighted by Crippen LogP contribution is 2.29. The van der Waals surface area contributed by atoms with E-state index in [9.17, 15) is 4.79 Å². The van der Waals surface area contributed by atoms with Crippen LogP contribution in [0.4, 0.5) is 0 Å². The molecule has 0 radical (unpaired) electrons. The molecule has 2 heterocycles. The molecular formula is C15H18ClNO3. The van der Waals surface area contributed by atoms with Gasteiger partial charge in [-0.1, -0.05) is 11.6 Å². The van der Waals surface area contributed by atoms with Crippen molar-refractivity contribution in [2.75, 3.05) is 39.5 Å². The van der Waals surface area contributed by atoms with Gasteiger partial charge in [0.05, 0.1) is 25.4 Å². The van der Waals surface area contributed by atoms with Crippen molar-refractivity contribution in [2.45, 2.75) is 6.42 Å². The number of ketones is 1. The molecule has 0 aliphatic carbocycles. The predicted octanol–water partition coefficient (Wildman–Crippen LogP) is 2.25. The third kappa shape index (κ3) is 2.97. The molecule has 1 saturated heterocycles. The summed E-state index contributed by atoms with van der Waals surface area (Å²) in [6, 6.07) is 5.26. The Morgan fingerprint density at radius 3 is 2.85 bits per heavy atom. The van der Waals surface area contributed by atoms with E-state index in [4.69, 9.17) is 21.1 Å². The lowest BCUT2D eigenvalue weighted by atomic mass is 9.94. The molecule has 0 N–H and O–H groups in total. The van der Waals surface area contributed by atoms with Crippen molar-refractivity contribution in [1.29, 1.82) is 0 Å². The van der Waals surface area contributed by atoms with Gasteiger partial charge in [-0.05, 0) is 24.6 Å². The molecule has 1 aromatic rings. The fourth-order valence-corrected chi connectivity index (χ4v) is 2.92. The first-order chi connectivity index (χ1) is 9.74. The molecule has 1 fully saturated rings. The number of hydrogen-bond donors (Lipinski definition) is 0. The van der Waals surface area contributed by atoms with E-state index in [1.165, 1.54) is 0 Å². The van der Waals surface area contributed by atoms with Gasteiger partial charge in [0.2, 0.25) is 0 Å². The van der Waals surface area contributed by atoms with E-state index in [2.05, 4.69) is 4.90 Å². The number of rotatable bonds is 2. The molecule has 0 saturated carbocycles. The van der Waals surface area contributed by atoms with E-state index in [1.54, 1.807) is 18.2 Å². The summed E-state index contributed by atoms with van der Waals surface area (Å²) >= 11 is 6.00. The molecule has 1 atom stereocenters. The standard InChI is InChI=1S/C15H18ClNO3/c16-12-1-2-14-13(9-12)15(18)11(3-6-20-14)10-17-4-7-19-8-5-17/h1-2,9,11H,3-8,10H2. The minimum Gasteiger partial charge on any atom is -0.493 e. The van der Waals surface area contributed by atoms with Gasteiger partial charge in [-0.3, -0.25) is 9.69 Å². The van der Waals surface area contributed by atoms with Gasteiger partial charge in [0, 0.05) is 30.6 Å². The SMILES string of the molecule is O=C1c2cc(Cl)ccc2OCCC1CN1CCOCC1. The van der Waals surface area contributed by atoms with Gasteiger partial charge in [-0.25, -0.2) is 0 Å². The number of fused-ring (bicyclic) bond motifs is 1. The van der Waals surface area contributed by atoms with E-state index in [1.807, 2.05) is 0 Å². The molecule has 0 bridgehead atoms. The van der Waals surface area contributed by atoms with Gasteiger partial charge in [-0.2, -0.15) is 0 Å². The molecule has 1 unspecified atom stereocenters. The Morgan fingerprint density at radius 1 is 1.25 bits per heavy atom. The first-order valence-electron chi connectivity index (χ1n) is 7.01. The van der Waals surface area contributed by atoms with Crippen molar-refractivity contribution < 1.29 is 14.3 Å². The minimum atomic E-state index is -0.0205. The van der Waals surface area contributed by atoms with Crippen LogP contribution in [0.5, 0.6) is 5.75 Å². The zero-order valence-corrected chi connectivity index (χ0v) is 12.1. The molecule has 108 valence electrons. The summed E-state index contributed by atoms with van der Waals surface area (Å²) in [7, 11) is 0. The van der Waals surface area contributed by atoms with Crippen LogP contribution in [-0.4, -0.2) is 50.1 Å². The summed E-state index contributed by atoms with van der Waals surface area (Å²) < 4.78 is 11.0. The molecule has 20 heavy (non-hydrogen) atoms. The molecule has 2 aliphatic rings. The summed E-state index contributed by atoms with van der Waals surface area (Å²) in [6.07, 6.45) is 0.752. The lowest BCUT2D eigenvalue weighted by Crippen LogP contribution is -2.41. The maximum atomic E-state index is 12.7. The van der Waals surface area contributed by atoms with Crippen molar-refractivity contribution >= 4 is 17.4 Å². The Balaban J connectivity index is 1.77. The topological polar surface area (TPSA) is 38.8 Å². The summed E-state index contributed by atoms with van der Waals surface area (Å²) in [5, 5.41) is 0.577. The maximum absolute atomic E-state index is 12.7. The number of morpholine rings is 1. The van der Waals surface area contributed by atoms with Crippen molar-refractivity contribution in [3.8, 4) is 5.75 Å². The number of carbonyl (C=O) groups is 1. The fraction of sp³-hybridized carbons (Fsp3) is 0.533. The lowest BCUT2D eigenvalue weighted by Gasteiger charge is -2.29. The van der Waals surface area contributed by atoms with Crippen LogP contribution in [0.2, 0.25) is 5.02 Å². The molecule has 2 aliphatic heterocycles. The third-order valence-corrected chi connectivity index (χ3v) is 4.12. The number of ether oxygens (including phenoxy) is 2. The van der Waals surface area contributed by atoms with Crippen LogP contribution in [0.3, 0.4) is 0 Å². The van der Waals surface area contributed by atoms with Gasteiger partial charge in [0.1, 0.15) is 5.75 Å². The Bertz CT molecular complexity index is 500. The average Bonchev–Trinajstić information content (AvgIpc) is 2.61. The monoisotopic (exact) mass is 295 g/mol. The van der Waals surface area contributed by atoms with Crippen LogP contribution in [0.25, 0.3) is 0 Å². The number of nitrogens with zero attached hydrogens (tertiary/aromatic N) is 1. The second-order valence-corrected chi connectivity index (χ2v) is 5.69. The van der Waals surface area contributed by atoms with Crippen LogP contribution in [0.15, 0.2) is 18.2 Å². The Morgan fingerprint density at radius 2 is 2.05 bits per heavy atom. The molecule has 4 nitrogen and oxygen atoms in total. The smallest absolute Gasteiger partial charge is 0.171 e. The minimum absolute atomic E-state index is 0.0205. The van der Waals surface area contributed by atoms with Crippen LogP contribution in [0.1, 0.15) is 16.8 Å². The predicted molar refractivity (Wildman–Crippen MR) is 76.6 cm³/mol. The fourth-order valence-electron chi connectivity index (χ4n) is 2.75. The molecule has 0 spiro atoms. The Hall–Kier alpha value is -1.10. The van der Waals surface area contributed by atoms with Crippen LogP contribution in [-0.2, 0) is 4.74 Å². The number of carbonyl (C=O) groups excluding carboxylic acids is 1. The van der Waals surface area contributed by atoms with E-state index in [0.717, 1.165) is 39.3 Å². The van der Waals surface area contributed by atoms with Crippen molar-refractivity contribution in [2.24, 2.45) is 5.92 Å². The molecular weight excluding hydrogens is 278 g/mol. The molecule has 0 amide bonds. The molecule has 1 aromatic carbocycles. The van der Waals surface area contributed by atoms with Crippen LogP contribution >= 0.6 is 11.6 Å². The van der Waals surface area contributed by atoms with Crippen LogP contribution < -0.4 is 4.74 Å². The third-order valence-electron chi connectivity index (χ3n) is 3.88. The highest BCUT2D eigenvalue weighted by Gasteiger charge is 2.28. The Kier molecular flexibility index (Phi) is 4.24. The van der Waals surface area contributed by atoms with Crippen molar-refractivity contribution in [1.82, 2.24) is 4.90 Å². The molecule has 5 heteroatoms. The Labute approximate surface area is 123 Å². The quantitative estimate of drug-likeness (QED) is 0.839. The van der Waals surface area contributed by atoms with Gasteiger partial charge >= 0.3 is 0 Å².